The number of aromatic nitrogens is 2. The summed E-state index contributed by atoms with van der Waals surface area (Å²) in [5.74, 6) is 0.0577. The van der Waals surface area contributed by atoms with Gasteiger partial charge in [-0.05, 0) is 48.9 Å². The number of amides is 1. The Kier molecular flexibility index (Phi) is 4.03. The molecule has 2 aromatic carbocycles. The number of hydrogen-bond donors (Lipinski definition) is 1. The highest BCUT2D eigenvalue weighted by Crippen LogP contribution is 2.58. The molecule has 1 aromatic heterocycles. The number of rotatable bonds is 6. The van der Waals surface area contributed by atoms with Gasteiger partial charge in [-0.25, -0.2) is 13.8 Å². The maximum atomic E-state index is 14.7. The van der Waals surface area contributed by atoms with E-state index in [9.17, 15) is 13.6 Å². The van der Waals surface area contributed by atoms with Crippen LogP contribution in [0.25, 0.3) is 11.0 Å². The first-order valence-electron chi connectivity index (χ1n) is 11.0. The van der Waals surface area contributed by atoms with Crippen molar-refractivity contribution < 1.29 is 13.6 Å². The van der Waals surface area contributed by atoms with Crippen LogP contribution in [-0.4, -0.2) is 15.5 Å². The minimum Gasteiger partial charge on any atom is -0.326 e. The molecular formula is C24H24F2N4O. The second-order valence-corrected chi connectivity index (χ2v) is 9.19. The van der Waals surface area contributed by atoms with E-state index in [-0.39, 0.29) is 12.5 Å². The summed E-state index contributed by atoms with van der Waals surface area (Å²) < 4.78 is 30.9. The van der Waals surface area contributed by atoms with Crippen LogP contribution in [-0.2, 0) is 29.8 Å². The fourth-order valence-corrected chi connectivity index (χ4v) is 5.05. The molecule has 5 nitrogen and oxygen atoms in total. The first-order valence-corrected chi connectivity index (χ1v) is 11.0. The highest BCUT2D eigenvalue weighted by Gasteiger charge is 2.60. The standard InChI is InChI=1S/C24H24F2N4O/c25-16-10-17(26)22-20(11-16)30(23(31)24(22)6-7-24)13-21-28-18-9-15(12-27)3-4-19(18)29(21)8-5-14-1-2-14/h3-4,9-11,14H,1-2,5-8,12-13,27H2. The normalized spacial score (nSPS) is 18.9. The van der Waals surface area contributed by atoms with Crippen molar-refractivity contribution >= 4 is 22.6 Å². The summed E-state index contributed by atoms with van der Waals surface area (Å²) >= 11 is 0. The Balaban J connectivity index is 1.43. The molecule has 2 fully saturated rings. The average Bonchev–Trinajstić information content (AvgIpc) is 3.66. The van der Waals surface area contributed by atoms with Gasteiger partial charge in [0, 0.05) is 24.7 Å². The van der Waals surface area contributed by atoms with E-state index in [4.69, 9.17) is 10.7 Å². The third kappa shape index (κ3) is 2.90. The van der Waals surface area contributed by atoms with Gasteiger partial charge >= 0.3 is 0 Å². The van der Waals surface area contributed by atoms with Crippen LogP contribution in [0.1, 0.15) is 49.1 Å². The van der Waals surface area contributed by atoms with Gasteiger partial charge in [-0.15, -0.1) is 0 Å². The molecular weight excluding hydrogens is 398 g/mol. The number of nitrogens with zero attached hydrogens (tertiary/aromatic N) is 3. The fourth-order valence-electron chi connectivity index (χ4n) is 5.05. The number of carbonyl (C=O) groups excluding carboxylic acids is 1. The molecule has 2 saturated carbocycles. The lowest BCUT2D eigenvalue weighted by molar-refractivity contribution is -0.120. The Bertz CT molecular complexity index is 1230. The van der Waals surface area contributed by atoms with Crippen LogP contribution < -0.4 is 10.6 Å². The van der Waals surface area contributed by atoms with E-state index in [0.717, 1.165) is 47.4 Å². The highest BCUT2D eigenvalue weighted by molar-refractivity contribution is 6.10. The van der Waals surface area contributed by atoms with Gasteiger partial charge in [0.2, 0.25) is 5.91 Å². The Morgan fingerprint density at radius 2 is 1.97 bits per heavy atom. The topological polar surface area (TPSA) is 64.2 Å². The monoisotopic (exact) mass is 422 g/mol. The molecule has 2 aliphatic carbocycles. The molecule has 3 aromatic rings. The van der Waals surface area contributed by atoms with Crippen molar-refractivity contribution in [2.24, 2.45) is 11.7 Å². The van der Waals surface area contributed by atoms with Gasteiger partial charge in [0.15, 0.2) is 0 Å². The van der Waals surface area contributed by atoms with Crippen LogP contribution in [0.15, 0.2) is 30.3 Å². The van der Waals surface area contributed by atoms with E-state index in [2.05, 4.69) is 4.57 Å². The number of nitrogens with two attached hydrogens (primary N) is 1. The summed E-state index contributed by atoms with van der Waals surface area (Å²) in [5, 5.41) is 0. The fraction of sp³-hybridized carbons (Fsp3) is 0.417. The van der Waals surface area contributed by atoms with Crippen molar-refractivity contribution in [2.45, 2.75) is 57.2 Å². The molecule has 2 heterocycles. The van der Waals surface area contributed by atoms with Crippen molar-refractivity contribution in [1.82, 2.24) is 9.55 Å². The van der Waals surface area contributed by atoms with Crippen molar-refractivity contribution in [3.05, 3.63) is 58.9 Å². The number of imidazole rings is 1. The average molecular weight is 422 g/mol. The molecule has 0 atom stereocenters. The van der Waals surface area contributed by atoms with Gasteiger partial charge in [-0.2, -0.15) is 0 Å². The number of anilines is 1. The Morgan fingerprint density at radius 3 is 2.68 bits per heavy atom. The van der Waals surface area contributed by atoms with E-state index in [1.807, 2.05) is 18.2 Å². The van der Waals surface area contributed by atoms with Crippen molar-refractivity contribution in [3.8, 4) is 0 Å². The zero-order chi connectivity index (χ0) is 21.3. The molecule has 2 N–H and O–H groups in total. The number of benzene rings is 2. The van der Waals surface area contributed by atoms with Crippen LogP contribution in [0.5, 0.6) is 0 Å². The molecule has 6 rings (SSSR count). The molecule has 1 aliphatic heterocycles. The molecule has 160 valence electrons. The summed E-state index contributed by atoms with van der Waals surface area (Å²) in [7, 11) is 0. The van der Waals surface area contributed by atoms with Crippen LogP contribution in [0.3, 0.4) is 0 Å². The number of fused-ring (bicyclic) bond motifs is 3. The smallest absolute Gasteiger partial charge is 0.238 e. The van der Waals surface area contributed by atoms with E-state index in [1.165, 1.54) is 23.8 Å². The maximum absolute atomic E-state index is 14.7. The van der Waals surface area contributed by atoms with Crippen LogP contribution >= 0.6 is 0 Å². The first kappa shape index (κ1) is 18.9. The van der Waals surface area contributed by atoms with Gasteiger partial charge in [-0.1, -0.05) is 18.9 Å². The zero-order valence-corrected chi connectivity index (χ0v) is 17.2. The van der Waals surface area contributed by atoms with Crippen LogP contribution in [0.4, 0.5) is 14.5 Å². The number of hydrogen-bond acceptors (Lipinski definition) is 3. The Labute approximate surface area is 178 Å². The second kappa shape index (κ2) is 6.60. The molecule has 0 saturated heterocycles. The van der Waals surface area contributed by atoms with Crippen molar-refractivity contribution in [1.29, 1.82) is 0 Å². The predicted octanol–water partition coefficient (Wildman–Crippen LogP) is 4.15. The lowest BCUT2D eigenvalue weighted by Gasteiger charge is -2.19. The number of carbonyl (C=O) groups is 1. The Morgan fingerprint density at radius 1 is 1.16 bits per heavy atom. The largest absolute Gasteiger partial charge is 0.326 e. The summed E-state index contributed by atoms with van der Waals surface area (Å²) in [4.78, 5) is 19.7. The summed E-state index contributed by atoms with van der Waals surface area (Å²) in [6, 6.07) is 8.18. The zero-order valence-electron chi connectivity index (χ0n) is 17.2. The summed E-state index contributed by atoms with van der Waals surface area (Å²) in [6.45, 7) is 1.45. The third-order valence-electron chi connectivity index (χ3n) is 7.09. The Hall–Kier alpha value is -2.80. The van der Waals surface area contributed by atoms with Gasteiger partial charge < -0.3 is 15.2 Å². The second-order valence-electron chi connectivity index (χ2n) is 9.19. The molecule has 3 aliphatic rings. The summed E-state index contributed by atoms with van der Waals surface area (Å²) in [5.41, 5.74) is 8.53. The minimum atomic E-state index is -0.815. The summed E-state index contributed by atoms with van der Waals surface area (Å²) in [6.07, 6.45) is 4.80. The van der Waals surface area contributed by atoms with E-state index in [0.29, 0.717) is 30.6 Å². The van der Waals surface area contributed by atoms with E-state index in [1.54, 1.807) is 0 Å². The van der Waals surface area contributed by atoms with Crippen LogP contribution in [0, 0.1) is 17.6 Å². The predicted molar refractivity (Wildman–Crippen MR) is 113 cm³/mol. The number of aryl methyl sites for hydroxylation is 1. The van der Waals surface area contributed by atoms with Gasteiger partial charge in [-0.3, -0.25) is 4.79 Å². The van der Waals surface area contributed by atoms with Crippen LogP contribution in [0.2, 0.25) is 0 Å². The molecule has 0 bridgehead atoms. The van der Waals surface area contributed by atoms with Gasteiger partial charge in [0.05, 0.1) is 28.7 Å². The number of halogens is 2. The molecule has 0 radical (unpaired) electrons. The van der Waals surface area contributed by atoms with Gasteiger partial charge in [0.1, 0.15) is 17.5 Å². The van der Waals surface area contributed by atoms with Crippen molar-refractivity contribution in [3.63, 3.8) is 0 Å². The highest BCUT2D eigenvalue weighted by atomic mass is 19.1. The first-order chi connectivity index (χ1) is 15.0. The molecule has 0 unspecified atom stereocenters. The lowest BCUT2D eigenvalue weighted by atomic mass is 9.97. The van der Waals surface area contributed by atoms with E-state index >= 15 is 0 Å². The van der Waals surface area contributed by atoms with Gasteiger partial charge in [0.25, 0.3) is 0 Å². The molecule has 1 amide bonds. The quantitative estimate of drug-likeness (QED) is 0.649. The SMILES string of the molecule is NCc1ccc2c(c1)nc(CN1C(=O)C3(CC3)c3c(F)cc(F)cc31)n2CCC1CC1. The minimum absolute atomic E-state index is 0.143. The molecule has 31 heavy (non-hydrogen) atoms. The maximum Gasteiger partial charge on any atom is 0.238 e. The lowest BCUT2D eigenvalue weighted by Crippen LogP contribution is -2.32. The third-order valence-corrected chi connectivity index (χ3v) is 7.09. The molecule has 7 heteroatoms. The molecule has 1 spiro atoms. The van der Waals surface area contributed by atoms with Crippen molar-refractivity contribution in [2.75, 3.05) is 4.90 Å². The van der Waals surface area contributed by atoms with E-state index < -0.39 is 17.0 Å².